The summed E-state index contributed by atoms with van der Waals surface area (Å²) < 4.78 is 11.2. The summed E-state index contributed by atoms with van der Waals surface area (Å²) in [7, 11) is 0. The van der Waals surface area contributed by atoms with Crippen LogP contribution in [-0.4, -0.2) is 63.7 Å². The van der Waals surface area contributed by atoms with E-state index in [4.69, 9.17) is 9.47 Å². The lowest BCUT2D eigenvalue weighted by Gasteiger charge is -2.50. The Labute approximate surface area is 189 Å². The summed E-state index contributed by atoms with van der Waals surface area (Å²) in [5, 5.41) is 13.0. The van der Waals surface area contributed by atoms with Crippen LogP contribution in [0.2, 0.25) is 0 Å². The third kappa shape index (κ3) is 4.88. The minimum Gasteiger partial charge on any atom is -0.479 e. The van der Waals surface area contributed by atoms with Crippen molar-refractivity contribution in [3.63, 3.8) is 0 Å². The number of ether oxygens (including phenoxy) is 2. The second kappa shape index (κ2) is 10.3. The first-order chi connectivity index (χ1) is 14.5. The van der Waals surface area contributed by atoms with Crippen LogP contribution in [0.1, 0.15) is 71.9 Å². The van der Waals surface area contributed by atoms with Crippen LogP contribution in [0, 0.1) is 11.3 Å². The van der Waals surface area contributed by atoms with Gasteiger partial charge in [-0.25, -0.2) is 14.6 Å². The molecule has 2 rings (SSSR count). The van der Waals surface area contributed by atoms with E-state index in [1.165, 1.54) is 11.3 Å². The van der Waals surface area contributed by atoms with Crippen molar-refractivity contribution in [1.82, 2.24) is 14.8 Å². The maximum absolute atomic E-state index is 13.4. The summed E-state index contributed by atoms with van der Waals surface area (Å²) in [4.78, 5) is 33.9. The lowest BCUT2D eigenvalue weighted by molar-refractivity contribution is -0.162. The van der Waals surface area contributed by atoms with Crippen molar-refractivity contribution in [2.75, 3.05) is 26.3 Å². The zero-order chi connectivity index (χ0) is 23.4. The first-order valence-corrected chi connectivity index (χ1v) is 11.9. The molecule has 0 aliphatic carbocycles. The van der Waals surface area contributed by atoms with Crippen LogP contribution in [-0.2, 0) is 20.8 Å². The third-order valence-electron chi connectivity index (χ3n) is 6.08. The quantitative estimate of drug-likeness (QED) is 0.498. The van der Waals surface area contributed by atoms with Crippen LogP contribution in [0.5, 0.6) is 0 Å². The maximum atomic E-state index is 13.4. The summed E-state index contributed by atoms with van der Waals surface area (Å²) in [5.41, 5.74) is -1.16. The van der Waals surface area contributed by atoms with Crippen LogP contribution >= 0.6 is 11.3 Å². The van der Waals surface area contributed by atoms with Gasteiger partial charge < -0.3 is 24.4 Å². The highest BCUT2D eigenvalue weighted by molar-refractivity contribution is 7.09. The molecule has 0 aromatic carbocycles. The molecule has 0 bridgehead atoms. The molecule has 2 atom stereocenters. The molecule has 0 radical (unpaired) electrons. The van der Waals surface area contributed by atoms with Crippen LogP contribution in [0.4, 0.5) is 4.79 Å². The van der Waals surface area contributed by atoms with Crippen molar-refractivity contribution < 1.29 is 24.2 Å². The van der Waals surface area contributed by atoms with Gasteiger partial charge in [-0.15, -0.1) is 11.3 Å². The van der Waals surface area contributed by atoms with E-state index in [0.29, 0.717) is 39.3 Å². The number of thiazole rings is 1. The zero-order valence-corrected chi connectivity index (χ0v) is 20.6. The summed E-state index contributed by atoms with van der Waals surface area (Å²) in [5.74, 6) is -1.14. The predicted octanol–water partition coefficient (Wildman–Crippen LogP) is 4.37. The van der Waals surface area contributed by atoms with E-state index in [2.05, 4.69) is 4.98 Å². The molecule has 8 nitrogen and oxygen atoms in total. The molecule has 0 unspecified atom stereocenters. The largest absolute Gasteiger partial charge is 0.479 e. The average Bonchev–Trinajstić information content (AvgIpc) is 3.29. The molecule has 1 aliphatic heterocycles. The van der Waals surface area contributed by atoms with Gasteiger partial charge in [-0.1, -0.05) is 41.0 Å². The van der Waals surface area contributed by atoms with Crippen LogP contribution < -0.4 is 0 Å². The minimum atomic E-state index is -1.28. The van der Waals surface area contributed by atoms with Crippen LogP contribution in [0.25, 0.3) is 0 Å². The van der Waals surface area contributed by atoms with Gasteiger partial charge in [-0.2, -0.15) is 0 Å². The zero-order valence-electron chi connectivity index (χ0n) is 19.8. The highest BCUT2D eigenvalue weighted by Gasteiger charge is 2.59. The SMILES string of the molecule is CCOC(OCC)c1nc(CN2CCN([C@@](C(=O)O)([C@@H](C)CC)C(C)(C)C)C2=O)cs1. The molecule has 9 heteroatoms. The monoisotopic (exact) mass is 455 g/mol. The van der Waals surface area contributed by atoms with Crippen molar-refractivity contribution in [2.24, 2.45) is 11.3 Å². The number of rotatable bonds is 11. The molecule has 31 heavy (non-hydrogen) atoms. The number of amides is 2. The fourth-order valence-corrected chi connectivity index (χ4v) is 5.40. The lowest BCUT2D eigenvalue weighted by atomic mass is 9.64. The maximum Gasteiger partial charge on any atom is 0.330 e. The van der Waals surface area contributed by atoms with E-state index in [1.807, 2.05) is 53.8 Å². The van der Waals surface area contributed by atoms with Crippen LogP contribution in [0.3, 0.4) is 0 Å². The number of carbonyl (C=O) groups excluding carboxylic acids is 1. The third-order valence-corrected chi connectivity index (χ3v) is 6.99. The number of nitrogens with zero attached hydrogens (tertiary/aromatic N) is 3. The van der Waals surface area contributed by atoms with E-state index >= 15 is 0 Å². The fourth-order valence-electron chi connectivity index (χ4n) is 4.60. The molecule has 2 heterocycles. The summed E-state index contributed by atoms with van der Waals surface area (Å²) in [6.07, 6.45) is 0.157. The van der Waals surface area contributed by atoms with E-state index in [0.717, 1.165) is 10.7 Å². The highest BCUT2D eigenvalue weighted by Crippen LogP contribution is 2.45. The molecular weight excluding hydrogens is 418 g/mol. The normalized spacial score (nSPS) is 18.0. The Morgan fingerprint density at radius 2 is 1.84 bits per heavy atom. The first-order valence-electron chi connectivity index (χ1n) is 11.0. The van der Waals surface area contributed by atoms with Crippen molar-refractivity contribution in [3.8, 4) is 0 Å². The minimum absolute atomic E-state index is 0.196. The Bertz CT molecular complexity index is 757. The van der Waals surface area contributed by atoms with Gasteiger partial charge in [0.25, 0.3) is 0 Å². The summed E-state index contributed by atoms with van der Waals surface area (Å²) in [6.45, 7) is 15.6. The second-order valence-electron chi connectivity index (χ2n) is 8.91. The van der Waals surface area contributed by atoms with Gasteiger partial charge in [0.15, 0.2) is 0 Å². The highest BCUT2D eigenvalue weighted by atomic mass is 32.1. The molecule has 1 aliphatic rings. The summed E-state index contributed by atoms with van der Waals surface area (Å²) >= 11 is 1.44. The summed E-state index contributed by atoms with van der Waals surface area (Å²) in [6, 6.07) is -0.252. The van der Waals surface area contributed by atoms with E-state index in [9.17, 15) is 14.7 Å². The molecule has 1 aromatic heterocycles. The standard InChI is InChI=1S/C22H37N3O5S/c1-8-15(4)22(19(26)27,21(5,6)7)25-12-11-24(20(25)28)13-16-14-31-17(23-16)18(29-9-2)30-10-3/h14-15,18H,8-13H2,1-7H3,(H,26,27)/t15-,22+/m0/s1. The number of hydrogen-bond donors (Lipinski definition) is 1. The van der Waals surface area contributed by atoms with Gasteiger partial charge in [-0.3, -0.25) is 0 Å². The van der Waals surface area contributed by atoms with Gasteiger partial charge in [0.05, 0.1) is 12.2 Å². The number of carboxylic acids is 1. The Balaban J connectivity index is 2.25. The Kier molecular flexibility index (Phi) is 8.47. The molecule has 176 valence electrons. The number of aliphatic carboxylic acids is 1. The van der Waals surface area contributed by atoms with Crippen molar-refractivity contribution in [2.45, 2.75) is 73.3 Å². The number of urea groups is 1. The van der Waals surface area contributed by atoms with Crippen molar-refractivity contribution in [3.05, 3.63) is 16.1 Å². The van der Waals surface area contributed by atoms with Gasteiger partial charge >= 0.3 is 12.0 Å². The average molecular weight is 456 g/mol. The lowest BCUT2D eigenvalue weighted by Crippen LogP contribution is -2.66. The topological polar surface area (TPSA) is 92.2 Å². The Morgan fingerprint density at radius 1 is 1.23 bits per heavy atom. The Morgan fingerprint density at radius 3 is 2.32 bits per heavy atom. The van der Waals surface area contributed by atoms with Crippen molar-refractivity contribution >= 4 is 23.3 Å². The predicted molar refractivity (Wildman–Crippen MR) is 120 cm³/mol. The molecule has 1 fully saturated rings. The molecule has 0 spiro atoms. The van der Waals surface area contributed by atoms with Gasteiger partial charge in [0.1, 0.15) is 10.5 Å². The van der Waals surface area contributed by atoms with Gasteiger partial charge in [-0.05, 0) is 25.2 Å². The smallest absolute Gasteiger partial charge is 0.330 e. The van der Waals surface area contributed by atoms with E-state index in [-0.39, 0.29) is 11.9 Å². The number of aromatic nitrogens is 1. The second-order valence-corrected chi connectivity index (χ2v) is 9.80. The Hall–Kier alpha value is -1.71. The van der Waals surface area contributed by atoms with E-state index in [1.54, 1.807) is 9.80 Å². The number of hydrogen-bond acceptors (Lipinski definition) is 6. The molecular formula is C22H37N3O5S. The molecule has 1 N–H and O–H groups in total. The van der Waals surface area contributed by atoms with Gasteiger partial charge in [0.2, 0.25) is 6.29 Å². The molecule has 0 saturated carbocycles. The molecule has 2 amide bonds. The van der Waals surface area contributed by atoms with Crippen LogP contribution in [0.15, 0.2) is 5.38 Å². The van der Waals surface area contributed by atoms with Gasteiger partial charge in [0, 0.05) is 31.7 Å². The number of carboxylic acid groups (broad SMARTS) is 1. The number of carbonyl (C=O) groups is 2. The van der Waals surface area contributed by atoms with Crippen molar-refractivity contribution in [1.29, 1.82) is 0 Å². The first kappa shape index (κ1) is 25.5. The molecule has 1 saturated heterocycles. The van der Waals surface area contributed by atoms with E-state index < -0.39 is 23.2 Å². The fraction of sp³-hybridized carbons (Fsp3) is 0.773. The molecule has 1 aromatic rings.